The first-order valence-corrected chi connectivity index (χ1v) is 24.8. The number of phosphoric acid groups is 2. The van der Waals surface area contributed by atoms with Crippen LogP contribution in [0.5, 0.6) is 0 Å². The average Bonchev–Trinajstić information content (AvgIpc) is 3.10. The van der Waals surface area contributed by atoms with Crippen LogP contribution in [-0.2, 0) is 18.0 Å². The van der Waals surface area contributed by atoms with Crippen LogP contribution < -0.4 is 14.7 Å². The SMILES string of the molecule is CC(C)=CCC/C(C)=C\CC/C(C)=C\CC/C(C)=C\CC/C(C)=C\CC/C(C)=C\CC/C(C)=C\CC/C(C)=C\CC/C(C)=C\CC/C(C)=C/COP(=O)([O-])OP(=O)([O-])[O-]. The Kier molecular flexibility index (Phi) is 32.0. The molecule has 59 heavy (non-hydrogen) atoms. The van der Waals surface area contributed by atoms with E-state index in [1.54, 1.807) is 0 Å². The summed E-state index contributed by atoms with van der Waals surface area (Å²) in [5, 5.41) is 0. The summed E-state index contributed by atoms with van der Waals surface area (Å²) in [5.41, 5.74) is 13.9. The molecule has 1 unspecified atom stereocenters. The molecule has 0 N–H and O–H groups in total. The third-order valence-corrected chi connectivity index (χ3v) is 12.3. The second kappa shape index (κ2) is 33.3. The van der Waals surface area contributed by atoms with E-state index in [1.165, 1.54) is 62.7 Å². The van der Waals surface area contributed by atoms with E-state index in [4.69, 9.17) is 0 Å². The first-order chi connectivity index (χ1) is 27.7. The molecule has 0 saturated carbocycles. The van der Waals surface area contributed by atoms with E-state index >= 15 is 0 Å². The van der Waals surface area contributed by atoms with E-state index in [0.29, 0.717) is 6.42 Å². The summed E-state index contributed by atoms with van der Waals surface area (Å²) in [5.74, 6) is 0. The second-order valence-electron chi connectivity index (χ2n) is 16.9. The number of phosphoric ester groups is 1. The van der Waals surface area contributed by atoms with Gasteiger partial charge in [-0.2, -0.15) is 0 Å². The van der Waals surface area contributed by atoms with Crippen molar-refractivity contribution in [1.29, 1.82) is 0 Å². The molecule has 7 nitrogen and oxygen atoms in total. The fraction of sp³-hybridized carbons (Fsp3) is 0.600. The van der Waals surface area contributed by atoms with Crippen LogP contribution in [0.3, 0.4) is 0 Å². The van der Waals surface area contributed by atoms with Crippen molar-refractivity contribution >= 4 is 15.6 Å². The predicted octanol–water partition coefficient (Wildman–Crippen LogP) is 14.8. The summed E-state index contributed by atoms with van der Waals surface area (Å²) in [4.78, 5) is 32.2. The van der Waals surface area contributed by atoms with Gasteiger partial charge >= 0.3 is 0 Å². The monoisotopic (exact) mass is 856 g/mol. The van der Waals surface area contributed by atoms with Crippen molar-refractivity contribution in [3.05, 3.63) is 116 Å². The maximum Gasteiger partial charge on any atom is 0.272 e. The van der Waals surface area contributed by atoms with Gasteiger partial charge in [0, 0.05) is 0 Å². The Morgan fingerprint density at radius 2 is 0.559 bits per heavy atom. The highest BCUT2D eigenvalue weighted by Crippen LogP contribution is 2.50. The van der Waals surface area contributed by atoms with Gasteiger partial charge in [0.2, 0.25) is 0 Å². The molecule has 0 bridgehead atoms. The molecular weight excluding hydrogens is 774 g/mol. The topological polar surface area (TPSA) is 122 Å². The van der Waals surface area contributed by atoms with Gasteiger partial charge in [-0.25, -0.2) is 0 Å². The molecular formula is C50H81O7P2-3. The van der Waals surface area contributed by atoms with Crippen molar-refractivity contribution < 1.29 is 32.6 Å². The van der Waals surface area contributed by atoms with Gasteiger partial charge in [-0.05, 0) is 192 Å². The summed E-state index contributed by atoms with van der Waals surface area (Å²) >= 11 is 0. The Hall–Kier alpha value is -2.34. The van der Waals surface area contributed by atoms with Crippen LogP contribution in [0.25, 0.3) is 0 Å². The highest BCUT2D eigenvalue weighted by atomic mass is 31.3. The van der Waals surface area contributed by atoms with Crippen molar-refractivity contribution in [2.24, 2.45) is 0 Å². The van der Waals surface area contributed by atoms with Crippen LogP contribution in [0, 0.1) is 0 Å². The standard InChI is InChI=1S/C50H84O7P2/c1-41(2)21-12-22-42(3)23-13-24-43(4)25-14-26-44(5)27-15-28-45(6)29-16-30-46(7)31-17-32-47(8)33-18-34-48(9)35-19-36-49(10)37-20-38-50(11)39-40-56-59(54,55)57-58(51,52)53/h21,23,25,27,29,31,33,35,37,39H,12-20,22,24,26,28,30,32,34,36,38,40H2,1-11H3,(H,54,55)(H2,51,52,53)/p-3/b42-23-,43-25-,44-27-,45-29-,46-31-,47-33-,48-35-,49-37-,50-39+. The van der Waals surface area contributed by atoms with Crippen molar-refractivity contribution in [1.82, 2.24) is 0 Å². The lowest BCUT2D eigenvalue weighted by molar-refractivity contribution is -0.339. The number of allylic oxidation sites excluding steroid dienone is 19. The molecule has 0 aromatic heterocycles. The smallest absolute Gasteiger partial charge is 0.272 e. The lowest BCUT2D eigenvalue weighted by Gasteiger charge is -2.34. The minimum atomic E-state index is -5.67. The second-order valence-corrected chi connectivity index (χ2v) is 19.6. The molecule has 0 aliphatic heterocycles. The van der Waals surface area contributed by atoms with Crippen molar-refractivity contribution in [3.63, 3.8) is 0 Å². The maximum absolute atomic E-state index is 11.3. The Labute approximate surface area is 361 Å². The van der Waals surface area contributed by atoms with Gasteiger partial charge in [-0.3, -0.25) is 8.88 Å². The Bertz CT molecular complexity index is 1640. The molecule has 0 spiro atoms. The van der Waals surface area contributed by atoms with Crippen molar-refractivity contribution in [3.8, 4) is 0 Å². The number of rotatable bonds is 32. The summed E-state index contributed by atoms with van der Waals surface area (Å²) in [7, 11) is -10.9. The van der Waals surface area contributed by atoms with E-state index in [9.17, 15) is 23.8 Å². The van der Waals surface area contributed by atoms with Crippen LogP contribution >= 0.6 is 15.6 Å². The largest absolute Gasteiger partial charge is 0.790 e. The molecule has 0 saturated heterocycles. The molecule has 0 radical (unpaired) electrons. The highest BCUT2D eigenvalue weighted by molar-refractivity contribution is 7.58. The molecule has 9 heteroatoms. The molecule has 336 valence electrons. The minimum Gasteiger partial charge on any atom is -0.790 e. The summed E-state index contributed by atoms with van der Waals surface area (Å²) in [6.07, 6.45) is 42.1. The molecule has 0 amide bonds. The third kappa shape index (κ3) is 38.3. The van der Waals surface area contributed by atoms with E-state index in [2.05, 4.69) is 133 Å². The lowest BCUT2D eigenvalue weighted by Crippen LogP contribution is -2.19. The molecule has 0 aliphatic rings. The van der Waals surface area contributed by atoms with Crippen LogP contribution in [0.2, 0.25) is 0 Å². The molecule has 0 heterocycles. The average molecular weight is 856 g/mol. The fourth-order valence-corrected chi connectivity index (χ4v) is 7.72. The van der Waals surface area contributed by atoms with Gasteiger partial charge in [0.15, 0.2) is 0 Å². The zero-order valence-electron chi connectivity index (χ0n) is 39.0. The predicted molar refractivity (Wildman–Crippen MR) is 249 cm³/mol. The van der Waals surface area contributed by atoms with Gasteiger partial charge in [0.05, 0.1) is 14.4 Å². The molecule has 0 aliphatic carbocycles. The molecule has 0 fully saturated rings. The van der Waals surface area contributed by atoms with E-state index < -0.39 is 22.3 Å². The van der Waals surface area contributed by atoms with Gasteiger partial charge in [0.25, 0.3) is 7.82 Å². The van der Waals surface area contributed by atoms with Crippen molar-refractivity contribution in [2.45, 2.75) is 192 Å². The minimum absolute atomic E-state index is 0.391. The first kappa shape index (κ1) is 56.7. The van der Waals surface area contributed by atoms with Crippen molar-refractivity contribution in [2.75, 3.05) is 6.61 Å². The number of hydrogen-bond donors (Lipinski definition) is 0. The third-order valence-electron chi connectivity index (χ3n) is 10.2. The molecule has 0 rings (SSSR count). The summed E-state index contributed by atoms with van der Waals surface area (Å²) in [6.45, 7) is 23.7. The van der Waals surface area contributed by atoms with Crippen LogP contribution in [0.1, 0.15) is 192 Å². The first-order valence-electron chi connectivity index (χ1n) is 21.9. The zero-order valence-corrected chi connectivity index (χ0v) is 40.7. The zero-order chi connectivity index (χ0) is 44.7. The fourth-order valence-electron chi connectivity index (χ4n) is 6.29. The maximum atomic E-state index is 11.3. The quantitative estimate of drug-likeness (QED) is 0.0488. The lowest BCUT2D eigenvalue weighted by atomic mass is 10.0. The molecule has 0 aromatic rings. The Morgan fingerprint density at radius 3 is 0.763 bits per heavy atom. The number of hydrogen-bond acceptors (Lipinski definition) is 7. The van der Waals surface area contributed by atoms with E-state index in [-0.39, 0.29) is 0 Å². The van der Waals surface area contributed by atoms with Crippen LogP contribution in [0.4, 0.5) is 0 Å². The summed E-state index contributed by atoms with van der Waals surface area (Å²) < 4.78 is 29.6. The highest BCUT2D eigenvalue weighted by Gasteiger charge is 2.10. The Morgan fingerprint density at radius 1 is 0.356 bits per heavy atom. The van der Waals surface area contributed by atoms with Crippen LogP contribution in [-0.4, -0.2) is 6.61 Å². The Balaban J connectivity index is 4.30. The van der Waals surface area contributed by atoms with E-state index in [0.717, 1.165) is 108 Å². The van der Waals surface area contributed by atoms with Gasteiger partial charge in [-0.15, -0.1) is 0 Å². The van der Waals surface area contributed by atoms with Gasteiger partial charge < -0.3 is 23.8 Å². The van der Waals surface area contributed by atoms with Crippen LogP contribution in [0.15, 0.2) is 116 Å². The van der Waals surface area contributed by atoms with Gasteiger partial charge in [-0.1, -0.05) is 116 Å². The molecule has 1 atom stereocenters. The van der Waals surface area contributed by atoms with Gasteiger partial charge in [0.1, 0.15) is 0 Å². The van der Waals surface area contributed by atoms with E-state index in [1.807, 2.05) is 6.92 Å². The molecule has 0 aromatic carbocycles. The summed E-state index contributed by atoms with van der Waals surface area (Å²) in [6, 6.07) is 0. The normalized spacial score (nSPS) is 15.9.